The highest BCUT2D eigenvalue weighted by molar-refractivity contribution is 5.27. The zero-order valence-electron chi connectivity index (χ0n) is 9.21. The fraction of sp³-hybridized carbons (Fsp3) is 0.700. The molecule has 4 heteroatoms. The van der Waals surface area contributed by atoms with Crippen LogP contribution in [0.3, 0.4) is 0 Å². The standard InChI is InChI=1S/C10H18FN3/c1-6(2)14-8(4)10(7(3)13-14)9(11)5-12/h6,9H,5,12H2,1-4H3. The molecule has 0 aromatic carbocycles. The zero-order valence-corrected chi connectivity index (χ0v) is 9.21. The average Bonchev–Trinajstić information content (AvgIpc) is 2.41. The van der Waals surface area contributed by atoms with Gasteiger partial charge in [-0.25, -0.2) is 4.39 Å². The Morgan fingerprint density at radius 1 is 1.43 bits per heavy atom. The number of hydrogen-bond acceptors (Lipinski definition) is 2. The molecule has 0 aliphatic rings. The van der Waals surface area contributed by atoms with E-state index in [9.17, 15) is 4.39 Å². The van der Waals surface area contributed by atoms with Gasteiger partial charge in [0.05, 0.1) is 5.69 Å². The van der Waals surface area contributed by atoms with Crippen molar-refractivity contribution in [1.82, 2.24) is 9.78 Å². The number of hydrogen-bond donors (Lipinski definition) is 1. The summed E-state index contributed by atoms with van der Waals surface area (Å²) in [4.78, 5) is 0. The first-order chi connectivity index (χ1) is 6.49. The number of alkyl halides is 1. The minimum atomic E-state index is -1.09. The lowest BCUT2D eigenvalue weighted by atomic mass is 10.1. The maximum absolute atomic E-state index is 13.5. The third-order valence-electron chi connectivity index (χ3n) is 2.39. The van der Waals surface area contributed by atoms with Crippen molar-refractivity contribution in [3.63, 3.8) is 0 Å². The predicted octanol–water partition coefficient (Wildman–Crippen LogP) is 2.05. The first-order valence-corrected chi connectivity index (χ1v) is 4.88. The Morgan fingerprint density at radius 3 is 2.36 bits per heavy atom. The average molecular weight is 199 g/mol. The quantitative estimate of drug-likeness (QED) is 0.809. The summed E-state index contributed by atoms with van der Waals surface area (Å²) < 4.78 is 15.3. The molecule has 1 aromatic heterocycles. The number of aryl methyl sites for hydroxylation is 1. The lowest BCUT2D eigenvalue weighted by Crippen LogP contribution is -2.10. The van der Waals surface area contributed by atoms with Crippen LogP contribution in [0.25, 0.3) is 0 Å². The van der Waals surface area contributed by atoms with Crippen molar-refractivity contribution in [3.05, 3.63) is 17.0 Å². The largest absolute Gasteiger partial charge is 0.327 e. The van der Waals surface area contributed by atoms with Gasteiger partial charge in [-0.3, -0.25) is 4.68 Å². The highest BCUT2D eigenvalue weighted by Gasteiger charge is 2.19. The molecule has 0 radical (unpaired) electrons. The van der Waals surface area contributed by atoms with Gasteiger partial charge in [0.15, 0.2) is 0 Å². The summed E-state index contributed by atoms with van der Waals surface area (Å²) in [6, 6.07) is 0.257. The Kier molecular flexibility index (Phi) is 3.26. The van der Waals surface area contributed by atoms with Crippen LogP contribution >= 0.6 is 0 Å². The van der Waals surface area contributed by atoms with Gasteiger partial charge in [-0.15, -0.1) is 0 Å². The number of halogens is 1. The summed E-state index contributed by atoms with van der Waals surface area (Å²) in [5, 5.41) is 4.30. The Balaban J connectivity index is 3.17. The van der Waals surface area contributed by atoms with Gasteiger partial charge in [0.1, 0.15) is 6.17 Å². The molecule has 14 heavy (non-hydrogen) atoms. The highest BCUT2D eigenvalue weighted by Crippen LogP contribution is 2.25. The van der Waals surface area contributed by atoms with Crippen molar-refractivity contribution in [2.75, 3.05) is 6.54 Å². The van der Waals surface area contributed by atoms with Gasteiger partial charge in [0, 0.05) is 23.8 Å². The molecule has 0 saturated heterocycles. The summed E-state index contributed by atoms with van der Waals surface area (Å²) in [7, 11) is 0. The minimum absolute atomic E-state index is 0.0193. The fourth-order valence-electron chi connectivity index (χ4n) is 1.75. The normalized spacial score (nSPS) is 13.6. The molecule has 2 N–H and O–H groups in total. The van der Waals surface area contributed by atoms with E-state index in [1.807, 2.05) is 32.4 Å². The first kappa shape index (κ1) is 11.2. The number of rotatable bonds is 3. The van der Waals surface area contributed by atoms with Crippen molar-refractivity contribution < 1.29 is 4.39 Å². The molecule has 1 unspecified atom stereocenters. The fourth-order valence-corrected chi connectivity index (χ4v) is 1.75. The molecule has 0 saturated carbocycles. The molecule has 0 aliphatic heterocycles. The van der Waals surface area contributed by atoms with Gasteiger partial charge in [0.2, 0.25) is 0 Å². The summed E-state index contributed by atoms with van der Waals surface area (Å²) in [6.07, 6.45) is -1.09. The number of aromatic nitrogens is 2. The number of nitrogens with zero attached hydrogens (tertiary/aromatic N) is 2. The van der Waals surface area contributed by atoms with Gasteiger partial charge < -0.3 is 5.73 Å². The Bertz CT molecular complexity index is 317. The van der Waals surface area contributed by atoms with Crippen LogP contribution < -0.4 is 5.73 Å². The van der Waals surface area contributed by atoms with E-state index in [0.29, 0.717) is 5.56 Å². The monoisotopic (exact) mass is 199 g/mol. The molecule has 0 aliphatic carbocycles. The van der Waals surface area contributed by atoms with Crippen molar-refractivity contribution in [2.24, 2.45) is 5.73 Å². The molecule has 0 fully saturated rings. The summed E-state index contributed by atoms with van der Waals surface area (Å²) >= 11 is 0. The maximum Gasteiger partial charge on any atom is 0.141 e. The van der Waals surface area contributed by atoms with Gasteiger partial charge >= 0.3 is 0 Å². The van der Waals surface area contributed by atoms with E-state index in [4.69, 9.17) is 5.73 Å². The first-order valence-electron chi connectivity index (χ1n) is 4.88. The summed E-state index contributed by atoms with van der Waals surface area (Å²) in [5.41, 5.74) is 7.60. The van der Waals surface area contributed by atoms with Gasteiger partial charge in [-0.1, -0.05) is 0 Å². The second kappa shape index (κ2) is 4.09. The molecule has 0 amide bonds. The van der Waals surface area contributed by atoms with E-state index in [1.165, 1.54) is 0 Å². The summed E-state index contributed by atoms with van der Waals surface area (Å²) in [5.74, 6) is 0. The van der Waals surface area contributed by atoms with Crippen LogP contribution in [0.5, 0.6) is 0 Å². The third kappa shape index (κ3) is 1.80. The smallest absolute Gasteiger partial charge is 0.141 e. The lowest BCUT2D eigenvalue weighted by Gasteiger charge is -2.09. The molecule has 3 nitrogen and oxygen atoms in total. The SMILES string of the molecule is Cc1nn(C(C)C)c(C)c1C(F)CN. The molecule has 1 heterocycles. The Morgan fingerprint density at radius 2 is 2.00 bits per heavy atom. The van der Waals surface area contributed by atoms with E-state index in [1.54, 1.807) is 0 Å². The van der Waals surface area contributed by atoms with Crippen LogP contribution in [-0.4, -0.2) is 16.3 Å². The van der Waals surface area contributed by atoms with Crippen molar-refractivity contribution in [1.29, 1.82) is 0 Å². The van der Waals surface area contributed by atoms with Gasteiger partial charge in [-0.2, -0.15) is 5.10 Å². The van der Waals surface area contributed by atoms with Gasteiger partial charge in [-0.05, 0) is 27.7 Å². The maximum atomic E-state index is 13.5. The minimum Gasteiger partial charge on any atom is -0.327 e. The molecule has 1 aromatic rings. The highest BCUT2D eigenvalue weighted by atomic mass is 19.1. The van der Waals surface area contributed by atoms with E-state index >= 15 is 0 Å². The second-order valence-corrected chi connectivity index (χ2v) is 3.83. The van der Waals surface area contributed by atoms with Crippen LogP contribution in [-0.2, 0) is 0 Å². The predicted molar refractivity (Wildman–Crippen MR) is 55.0 cm³/mol. The molecular weight excluding hydrogens is 181 g/mol. The van der Waals surface area contributed by atoms with Crippen LogP contribution in [0.1, 0.15) is 43.0 Å². The van der Waals surface area contributed by atoms with Crippen LogP contribution in [0.2, 0.25) is 0 Å². The molecular formula is C10H18FN3. The Hall–Kier alpha value is -0.900. The van der Waals surface area contributed by atoms with Crippen molar-refractivity contribution >= 4 is 0 Å². The Labute approximate surface area is 84.1 Å². The van der Waals surface area contributed by atoms with Crippen LogP contribution in [0.15, 0.2) is 0 Å². The molecule has 80 valence electrons. The van der Waals surface area contributed by atoms with Gasteiger partial charge in [0.25, 0.3) is 0 Å². The zero-order chi connectivity index (χ0) is 10.9. The van der Waals surface area contributed by atoms with E-state index in [0.717, 1.165) is 11.4 Å². The topological polar surface area (TPSA) is 43.8 Å². The molecule has 1 rings (SSSR count). The van der Waals surface area contributed by atoms with Crippen molar-refractivity contribution in [2.45, 2.75) is 39.9 Å². The van der Waals surface area contributed by atoms with E-state index in [2.05, 4.69) is 5.10 Å². The molecule has 1 atom stereocenters. The molecule has 0 bridgehead atoms. The second-order valence-electron chi connectivity index (χ2n) is 3.83. The van der Waals surface area contributed by atoms with Crippen LogP contribution in [0, 0.1) is 13.8 Å². The molecule has 0 spiro atoms. The van der Waals surface area contributed by atoms with Crippen molar-refractivity contribution in [3.8, 4) is 0 Å². The third-order valence-corrected chi connectivity index (χ3v) is 2.39. The van der Waals surface area contributed by atoms with E-state index in [-0.39, 0.29) is 12.6 Å². The lowest BCUT2D eigenvalue weighted by molar-refractivity contribution is 0.349. The van der Waals surface area contributed by atoms with Crippen LogP contribution in [0.4, 0.5) is 4.39 Å². The van der Waals surface area contributed by atoms with E-state index < -0.39 is 6.17 Å². The number of nitrogens with two attached hydrogens (primary N) is 1. The summed E-state index contributed by atoms with van der Waals surface area (Å²) in [6.45, 7) is 7.78.